The summed E-state index contributed by atoms with van der Waals surface area (Å²) in [5, 5.41) is 7.36. The van der Waals surface area contributed by atoms with E-state index in [0.717, 1.165) is 48.4 Å². The second-order valence-corrected chi connectivity index (χ2v) is 8.44. The van der Waals surface area contributed by atoms with Crippen LogP contribution in [0, 0.1) is 0 Å². The van der Waals surface area contributed by atoms with Crippen molar-refractivity contribution >= 4 is 51.3 Å². The van der Waals surface area contributed by atoms with Gasteiger partial charge in [0.15, 0.2) is 5.11 Å². The zero-order chi connectivity index (χ0) is 21.5. The minimum absolute atomic E-state index is 0.308. The van der Waals surface area contributed by atoms with Crippen molar-refractivity contribution in [1.29, 1.82) is 0 Å². The Morgan fingerprint density at radius 2 is 1.77 bits per heavy atom. The average molecular weight is 447 g/mol. The number of rotatable bonds is 7. The maximum Gasteiger partial charge on any atom is 0.341 e. The predicted molar refractivity (Wildman–Crippen MR) is 124 cm³/mol. The van der Waals surface area contributed by atoms with Gasteiger partial charge < -0.3 is 20.1 Å². The standard InChI is InChI=1S/C22H26N2O4S2/c1-3-13-28-20(25)14-9-11-15(12-10-14)23-22(29)24-19-18(21(26)27-4-2)16-7-5-6-8-17(16)30-19/h9-12H,3-8,13H2,1-2H3,(H2,23,24,29). The van der Waals surface area contributed by atoms with Crippen LogP contribution in [-0.4, -0.2) is 30.3 Å². The predicted octanol–water partition coefficient (Wildman–Crippen LogP) is 5.18. The molecule has 0 saturated carbocycles. The van der Waals surface area contributed by atoms with Crippen LogP contribution >= 0.6 is 23.6 Å². The zero-order valence-corrected chi connectivity index (χ0v) is 18.8. The summed E-state index contributed by atoms with van der Waals surface area (Å²) in [7, 11) is 0. The number of benzene rings is 1. The molecule has 2 N–H and O–H groups in total. The lowest BCUT2D eigenvalue weighted by Crippen LogP contribution is -2.20. The van der Waals surface area contributed by atoms with Gasteiger partial charge in [0.05, 0.1) is 24.3 Å². The number of thiophene rings is 1. The Balaban J connectivity index is 1.69. The fourth-order valence-electron chi connectivity index (χ4n) is 3.31. The fourth-order valence-corrected chi connectivity index (χ4v) is 4.87. The fraction of sp³-hybridized carbons (Fsp3) is 0.409. The molecule has 0 aliphatic heterocycles. The number of ether oxygens (including phenoxy) is 2. The third-order valence-electron chi connectivity index (χ3n) is 4.69. The summed E-state index contributed by atoms with van der Waals surface area (Å²) in [5.41, 5.74) is 2.92. The molecular formula is C22H26N2O4S2. The lowest BCUT2D eigenvalue weighted by Gasteiger charge is -2.13. The van der Waals surface area contributed by atoms with Gasteiger partial charge in [-0.05, 0) is 81.1 Å². The van der Waals surface area contributed by atoms with E-state index in [1.807, 2.05) is 6.92 Å². The second kappa shape index (κ2) is 10.5. The van der Waals surface area contributed by atoms with Gasteiger partial charge in [-0.15, -0.1) is 11.3 Å². The molecule has 1 aliphatic carbocycles. The molecule has 0 bridgehead atoms. The summed E-state index contributed by atoms with van der Waals surface area (Å²) in [5.74, 6) is -0.649. The lowest BCUT2D eigenvalue weighted by atomic mass is 9.95. The van der Waals surface area contributed by atoms with Crippen LogP contribution in [0.3, 0.4) is 0 Å². The molecule has 0 amide bonds. The molecule has 1 aromatic carbocycles. The summed E-state index contributed by atoms with van der Waals surface area (Å²) >= 11 is 7.02. The molecule has 6 nitrogen and oxygen atoms in total. The Bertz CT molecular complexity index is 922. The lowest BCUT2D eigenvalue weighted by molar-refractivity contribution is 0.0501. The first-order chi connectivity index (χ1) is 14.5. The van der Waals surface area contributed by atoms with E-state index in [4.69, 9.17) is 21.7 Å². The Kier molecular flexibility index (Phi) is 7.81. The summed E-state index contributed by atoms with van der Waals surface area (Å²) in [4.78, 5) is 25.7. The molecule has 3 rings (SSSR count). The van der Waals surface area contributed by atoms with Crippen LogP contribution in [0.2, 0.25) is 0 Å². The van der Waals surface area contributed by atoms with E-state index in [9.17, 15) is 9.59 Å². The van der Waals surface area contributed by atoms with Crippen LogP contribution in [0.25, 0.3) is 0 Å². The summed E-state index contributed by atoms with van der Waals surface area (Å²) < 4.78 is 10.4. The van der Waals surface area contributed by atoms with Crippen LogP contribution < -0.4 is 10.6 Å². The van der Waals surface area contributed by atoms with Gasteiger partial charge in [-0.2, -0.15) is 0 Å². The Labute approximate surface area is 186 Å². The molecule has 0 atom stereocenters. The average Bonchev–Trinajstić information content (AvgIpc) is 3.10. The number of nitrogens with one attached hydrogen (secondary N) is 2. The first-order valence-electron chi connectivity index (χ1n) is 10.2. The third-order valence-corrected chi connectivity index (χ3v) is 6.11. The van der Waals surface area contributed by atoms with Crippen LogP contribution in [0.15, 0.2) is 24.3 Å². The number of carbonyl (C=O) groups excluding carboxylic acids is 2. The first-order valence-corrected chi connectivity index (χ1v) is 11.4. The highest BCUT2D eigenvalue weighted by Crippen LogP contribution is 2.38. The number of anilines is 2. The summed E-state index contributed by atoms with van der Waals surface area (Å²) in [6.45, 7) is 4.49. The van der Waals surface area contributed by atoms with E-state index in [1.165, 1.54) is 4.88 Å². The number of aryl methyl sites for hydroxylation is 1. The summed E-state index contributed by atoms with van der Waals surface area (Å²) in [6, 6.07) is 6.91. The highest BCUT2D eigenvalue weighted by molar-refractivity contribution is 7.80. The number of fused-ring (bicyclic) bond motifs is 1. The van der Waals surface area contributed by atoms with E-state index >= 15 is 0 Å². The largest absolute Gasteiger partial charge is 0.462 e. The molecule has 0 radical (unpaired) electrons. The zero-order valence-electron chi connectivity index (χ0n) is 17.2. The van der Waals surface area contributed by atoms with Gasteiger partial charge >= 0.3 is 11.9 Å². The molecule has 160 valence electrons. The minimum Gasteiger partial charge on any atom is -0.462 e. The van der Waals surface area contributed by atoms with Gasteiger partial charge in [0, 0.05) is 10.6 Å². The van der Waals surface area contributed by atoms with Gasteiger partial charge in [0.2, 0.25) is 0 Å². The number of esters is 2. The van der Waals surface area contributed by atoms with E-state index in [1.54, 1.807) is 42.5 Å². The third kappa shape index (κ3) is 5.37. The molecule has 0 fully saturated rings. The molecule has 2 aromatic rings. The highest BCUT2D eigenvalue weighted by atomic mass is 32.1. The van der Waals surface area contributed by atoms with Crippen LogP contribution in [-0.2, 0) is 22.3 Å². The van der Waals surface area contributed by atoms with Gasteiger partial charge in [-0.25, -0.2) is 9.59 Å². The number of thiocarbonyl (C=S) groups is 1. The molecule has 30 heavy (non-hydrogen) atoms. The van der Waals surface area contributed by atoms with E-state index in [2.05, 4.69) is 10.6 Å². The van der Waals surface area contributed by atoms with Gasteiger partial charge in [-0.3, -0.25) is 0 Å². The van der Waals surface area contributed by atoms with E-state index in [-0.39, 0.29) is 11.9 Å². The van der Waals surface area contributed by atoms with Crippen LogP contribution in [0.5, 0.6) is 0 Å². The molecule has 1 aromatic heterocycles. The topological polar surface area (TPSA) is 76.7 Å². The van der Waals surface area contributed by atoms with Crippen molar-refractivity contribution < 1.29 is 19.1 Å². The van der Waals surface area contributed by atoms with Crippen molar-refractivity contribution in [2.24, 2.45) is 0 Å². The maximum absolute atomic E-state index is 12.6. The maximum atomic E-state index is 12.6. The molecular weight excluding hydrogens is 420 g/mol. The van der Waals surface area contributed by atoms with Crippen molar-refractivity contribution in [2.45, 2.75) is 46.0 Å². The molecule has 8 heteroatoms. The van der Waals surface area contributed by atoms with Crippen LogP contribution in [0.1, 0.15) is 64.3 Å². The Hall–Kier alpha value is -2.45. The van der Waals surface area contributed by atoms with Crippen molar-refractivity contribution in [3.8, 4) is 0 Å². The van der Waals surface area contributed by atoms with Crippen LogP contribution in [0.4, 0.5) is 10.7 Å². The van der Waals surface area contributed by atoms with Gasteiger partial charge in [-0.1, -0.05) is 6.92 Å². The molecule has 0 saturated heterocycles. The molecule has 1 aliphatic rings. The van der Waals surface area contributed by atoms with Crippen molar-refractivity contribution in [3.05, 3.63) is 45.8 Å². The number of carbonyl (C=O) groups is 2. The van der Waals surface area contributed by atoms with Gasteiger partial charge in [0.25, 0.3) is 0 Å². The molecule has 0 spiro atoms. The normalized spacial score (nSPS) is 12.6. The van der Waals surface area contributed by atoms with Gasteiger partial charge in [0.1, 0.15) is 5.00 Å². The second-order valence-electron chi connectivity index (χ2n) is 6.93. The van der Waals surface area contributed by atoms with Crippen molar-refractivity contribution in [3.63, 3.8) is 0 Å². The minimum atomic E-state index is -0.340. The Morgan fingerprint density at radius 3 is 2.47 bits per heavy atom. The molecule has 1 heterocycles. The monoisotopic (exact) mass is 446 g/mol. The highest BCUT2D eigenvalue weighted by Gasteiger charge is 2.26. The first kappa shape index (κ1) is 22.2. The van der Waals surface area contributed by atoms with E-state index in [0.29, 0.717) is 29.5 Å². The smallest absolute Gasteiger partial charge is 0.341 e. The van der Waals surface area contributed by atoms with E-state index < -0.39 is 0 Å². The Morgan fingerprint density at radius 1 is 1.03 bits per heavy atom. The molecule has 0 unspecified atom stereocenters. The quantitative estimate of drug-likeness (QED) is 0.448. The SMILES string of the molecule is CCCOC(=O)c1ccc(NC(=S)Nc2sc3c(c2C(=O)OCC)CCCC3)cc1. The van der Waals surface area contributed by atoms with Crippen molar-refractivity contribution in [1.82, 2.24) is 0 Å². The summed E-state index contributed by atoms with van der Waals surface area (Å²) in [6.07, 6.45) is 4.85. The number of hydrogen-bond acceptors (Lipinski definition) is 6. The van der Waals surface area contributed by atoms with Crippen molar-refractivity contribution in [2.75, 3.05) is 23.8 Å². The number of hydrogen-bond donors (Lipinski definition) is 2.